The van der Waals surface area contributed by atoms with Crippen molar-refractivity contribution in [2.45, 2.75) is 25.3 Å². The maximum Gasteiger partial charge on any atom is 0.240 e. The van der Waals surface area contributed by atoms with Gasteiger partial charge in [-0.05, 0) is 43.8 Å². The lowest BCUT2D eigenvalue weighted by Crippen LogP contribution is -2.33. The van der Waals surface area contributed by atoms with E-state index in [9.17, 15) is 8.42 Å². The van der Waals surface area contributed by atoms with Gasteiger partial charge in [0.15, 0.2) is 0 Å². The Morgan fingerprint density at radius 2 is 2.05 bits per heavy atom. The molecule has 0 radical (unpaired) electrons. The van der Waals surface area contributed by atoms with Gasteiger partial charge in [-0.3, -0.25) is 0 Å². The first kappa shape index (κ1) is 17.4. The fourth-order valence-electron chi connectivity index (χ4n) is 1.81. The zero-order valence-corrected chi connectivity index (χ0v) is 13.7. The Balaban J connectivity index is 2.95. The Labute approximate surface area is 126 Å². The van der Waals surface area contributed by atoms with Crippen LogP contribution in [-0.4, -0.2) is 40.0 Å². The lowest BCUT2D eigenvalue weighted by atomic mass is 10.1. The minimum atomic E-state index is -3.57. The predicted molar refractivity (Wildman–Crippen MR) is 82.4 cm³/mol. The molecule has 0 saturated heterocycles. The van der Waals surface area contributed by atoms with Gasteiger partial charge in [0.1, 0.15) is 0 Å². The lowest BCUT2D eigenvalue weighted by Gasteiger charge is -2.16. The number of sulfonamides is 1. The summed E-state index contributed by atoms with van der Waals surface area (Å²) in [6.45, 7) is 5.90. The van der Waals surface area contributed by atoms with Crippen LogP contribution in [0.3, 0.4) is 0 Å². The molecule has 0 atom stereocenters. The average molecular weight is 320 g/mol. The fraction of sp³-hybridized carbons (Fsp3) is 0.538. The Bertz CT molecular complexity index is 561. The minimum absolute atomic E-state index is 0.199. The molecule has 1 rings (SSSR count). The van der Waals surface area contributed by atoms with Crippen molar-refractivity contribution >= 4 is 21.6 Å². The molecule has 0 heterocycles. The molecule has 114 valence electrons. The van der Waals surface area contributed by atoms with E-state index in [0.29, 0.717) is 23.7 Å². The van der Waals surface area contributed by atoms with E-state index in [-0.39, 0.29) is 11.4 Å². The standard InChI is InChI=1S/C13H22ClN3O2S/c1-4-17(3)6-5-16-20(18,19)13-8-12(14)7-11(9-15)10(13)2/h7-8,16H,4-6,9,15H2,1-3H3. The number of nitrogens with zero attached hydrogens (tertiary/aromatic N) is 1. The van der Waals surface area contributed by atoms with Crippen molar-refractivity contribution in [3.8, 4) is 0 Å². The van der Waals surface area contributed by atoms with Crippen LogP contribution in [0.15, 0.2) is 17.0 Å². The van der Waals surface area contributed by atoms with Gasteiger partial charge < -0.3 is 10.6 Å². The first-order valence-corrected chi connectivity index (χ1v) is 8.35. The van der Waals surface area contributed by atoms with Crippen LogP contribution in [0.25, 0.3) is 0 Å². The molecule has 1 aromatic carbocycles. The minimum Gasteiger partial charge on any atom is -0.326 e. The van der Waals surface area contributed by atoms with E-state index >= 15 is 0 Å². The molecule has 3 N–H and O–H groups in total. The molecule has 0 amide bonds. The van der Waals surface area contributed by atoms with Crippen molar-refractivity contribution in [3.63, 3.8) is 0 Å². The number of likely N-dealkylation sites (N-methyl/N-ethyl adjacent to an activating group) is 1. The molecule has 0 spiro atoms. The van der Waals surface area contributed by atoms with Crippen LogP contribution in [0.1, 0.15) is 18.1 Å². The Kier molecular flexibility index (Phi) is 6.42. The Morgan fingerprint density at radius 1 is 1.40 bits per heavy atom. The van der Waals surface area contributed by atoms with Crippen molar-refractivity contribution in [1.29, 1.82) is 0 Å². The van der Waals surface area contributed by atoms with Crippen LogP contribution in [-0.2, 0) is 16.6 Å². The molecule has 0 saturated carbocycles. The second-order valence-corrected chi connectivity index (χ2v) is 6.86. The second-order valence-electron chi connectivity index (χ2n) is 4.69. The van der Waals surface area contributed by atoms with Crippen molar-refractivity contribution < 1.29 is 8.42 Å². The van der Waals surface area contributed by atoms with E-state index in [0.717, 1.165) is 12.1 Å². The highest BCUT2D eigenvalue weighted by molar-refractivity contribution is 7.89. The lowest BCUT2D eigenvalue weighted by molar-refractivity contribution is 0.358. The molecule has 0 fully saturated rings. The fourth-order valence-corrected chi connectivity index (χ4v) is 3.44. The third kappa shape index (κ3) is 4.43. The normalized spacial score (nSPS) is 12.1. The zero-order valence-electron chi connectivity index (χ0n) is 12.1. The molecule has 0 aliphatic rings. The Morgan fingerprint density at radius 3 is 2.60 bits per heavy atom. The molecule has 0 unspecified atom stereocenters. The summed E-state index contributed by atoms with van der Waals surface area (Å²) in [5.41, 5.74) is 6.99. The summed E-state index contributed by atoms with van der Waals surface area (Å²) in [6, 6.07) is 3.16. The van der Waals surface area contributed by atoms with E-state index in [1.54, 1.807) is 13.0 Å². The summed E-state index contributed by atoms with van der Waals surface area (Å²) in [5, 5.41) is 0.377. The van der Waals surface area contributed by atoms with Gasteiger partial charge >= 0.3 is 0 Å². The van der Waals surface area contributed by atoms with Crippen LogP contribution in [0.2, 0.25) is 5.02 Å². The summed E-state index contributed by atoms with van der Waals surface area (Å²) in [5.74, 6) is 0. The molecule has 20 heavy (non-hydrogen) atoms. The first-order chi connectivity index (χ1) is 9.31. The summed E-state index contributed by atoms with van der Waals surface area (Å²) in [7, 11) is -1.63. The third-order valence-electron chi connectivity index (χ3n) is 3.27. The number of hydrogen-bond acceptors (Lipinski definition) is 4. The molecule has 7 heteroatoms. The molecule has 1 aromatic rings. The van der Waals surface area contributed by atoms with Crippen LogP contribution >= 0.6 is 11.6 Å². The predicted octanol–water partition coefficient (Wildman–Crippen LogP) is 1.34. The number of rotatable bonds is 7. The Hall–Kier alpha value is -0.660. The molecule has 0 aromatic heterocycles. The van der Waals surface area contributed by atoms with Gasteiger partial charge in [-0.25, -0.2) is 13.1 Å². The van der Waals surface area contributed by atoms with Gasteiger partial charge in [0.05, 0.1) is 4.90 Å². The average Bonchev–Trinajstić information content (AvgIpc) is 2.40. The van der Waals surface area contributed by atoms with Crippen LogP contribution < -0.4 is 10.5 Å². The highest BCUT2D eigenvalue weighted by Crippen LogP contribution is 2.24. The maximum absolute atomic E-state index is 12.3. The number of halogens is 1. The van der Waals surface area contributed by atoms with Crippen molar-refractivity contribution in [3.05, 3.63) is 28.3 Å². The highest BCUT2D eigenvalue weighted by atomic mass is 35.5. The highest BCUT2D eigenvalue weighted by Gasteiger charge is 2.19. The maximum atomic E-state index is 12.3. The van der Waals surface area contributed by atoms with Crippen LogP contribution in [0.5, 0.6) is 0 Å². The number of benzene rings is 1. The van der Waals surface area contributed by atoms with E-state index in [4.69, 9.17) is 17.3 Å². The largest absolute Gasteiger partial charge is 0.326 e. The van der Waals surface area contributed by atoms with E-state index in [2.05, 4.69) is 4.72 Å². The molecule has 5 nitrogen and oxygen atoms in total. The van der Waals surface area contributed by atoms with Gasteiger partial charge in [0, 0.05) is 24.7 Å². The van der Waals surface area contributed by atoms with Crippen molar-refractivity contribution in [2.75, 3.05) is 26.7 Å². The van der Waals surface area contributed by atoms with Crippen molar-refractivity contribution in [2.24, 2.45) is 5.73 Å². The second kappa shape index (κ2) is 7.38. The molecular weight excluding hydrogens is 298 g/mol. The van der Waals surface area contributed by atoms with Gasteiger partial charge in [-0.2, -0.15) is 0 Å². The summed E-state index contributed by atoms with van der Waals surface area (Å²) in [6.07, 6.45) is 0. The monoisotopic (exact) mass is 319 g/mol. The SMILES string of the molecule is CCN(C)CCNS(=O)(=O)c1cc(Cl)cc(CN)c1C. The van der Waals surface area contributed by atoms with Crippen molar-refractivity contribution in [1.82, 2.24) is 9.62 Å². The summed E-state index contributed by atoms with van der Waals surface area (Å²) >= 11 is 5.96. The smallest absolute Gasteiger partial charge is 0.240 e. The van der Waals surface area contributed by atoms with Gasteiger partial charge in [0.2, 0.25) is 10.0 Å². The van der Waals surface area contributed by atoms with Crippen LogP contribution in [0.4, 0.5) is 0 Å². The van der Waals surface area contributed by atoms with E-state index in [1.165, 1.54) is 6.07 Å². The zero-order chi connectivity index (χ0) is 15.3. The summed E-state index contributed by atoms with van der Waals surface area (Å²) < 4.78 is 27.2. The van der Waals surface area contributed by atoms with Gasteiger partial charge in [0.25, 0.3) is 0 Å². The number of hydrogen-bond donors (Lipinski definition) is 2. The molecule has 0 aliphatic carbocycles. The van der Waals surface area contributed by atoms with Gasteiger partial charge in [-0.15, -0.1) is 0 Å². The quantitative estimate of drug-likeness (QED) is 0.795. The number of nitrogens with one attached hydrogen (secondary N) is 1. The molecular formula is C13H22ClN3O2S. The molecule has 0 aliphatic heterocycles. The summed E-state index contributed by atoms with van der Waals surface area (Å²) in [4.78, 5) is 2.23. The first-order valence-electron chi connectivity index (χ1n) is 6.49. The topological polar surface area (TPSA) is 75.4 Å². The van der Waals surface area contributed by atoms with Crippen LogP contribution in [0, 0.1) is 6.92 Å². The third-order valence-corrected chi connectivity index (χ3v) is 5.07. The van der Waals surface area contributed by atoms with E-state index < -0.39 is 10.0 Å². The molecule has 0 bridgehead atoms. The van der Waals surface area contributed by atoms with E-state index in [1.807, 2.05) is 18.9 Å². The van der Waals surface area contributed by atoms with Gasteiger partial charge in [-0.1, -0.05) is 18.5 Å². The number of nitrogens with two attached hydrogens (primary N) is 1.